The molecule has 0 saturated carbocycles. The van der Waals surface area contributed by atoms with E-state index in [1.165, 1.54) is 4.68 Å². The van der Waals surface area contributed by atoms with E-state index in [1.54, 1.807) is 19.3 Å². The zero-order valence-corrected chi connectivity index (χ0v) is 11.5. The normalized spacial score (nSPS) is 12.2. The van der Waals surface area contributed by atoms with Gasteiger partial charge in [0.05, 0.1) is 11.7 Å². The summed E-state index contributed by atoms with van der Waals surface area (Å²) < 4.78 is 1.50. The number of amides is 1. The van der Waals surface area contributed by atoms with Crippen LogP contribution in [-0.4, -0.2) is 15.7 Å². The van der Waals surface area contributed by atoms with Crippen molar-refractivity contribution in [1.29, 1.82) is 0 Å². The molecule has 0 aliphatic rings. The number of carbonyl (C=O) groups excluding carboxylic acids is 1. The molecule has 1 atom stereocenters. The molecule has 0 aliphatic carbocycles. The second-order valence-electron chi connectivity index (χ2n) is 4.32. The highest BCUT2D eigenvalue weighted by Crippen LogP contribution is 2.22. The van der Waals surface area contributed by atoms with Gasteiger partial charge in [-0.25, -0.2) is 0 Å². The SMILES string of the molecule is CC(NC(=O)c1nn(C)cc1N)c1ccccc1Cl. The lowest BCUT2D eigenvalue weighted by molar-refractivity contribution is 0.0935. The lowest BCUT2D eigenvalue weighted by Gasteiger charge is -2.15. The molecule has 1 amide bonds. The molecule has 3 N–H and O–H groups in total. The first-order chi connectivity index (χ1) is 8.99. The van der Waals surface area contributed by atoms with Crippen LogP contribution in [0, 0.1) is 0 Å². The van der Waals surface area contributed by atoms with Crippen LogP contribution in [0.3, 0.4) is 0 Å². The summed E-state index contributed by atoms with van der Waals surface area (Å²) in [5.41, 5.74) is 7.15. The van der Waals surface area contributed by atoms with Crippen molar-refractivity contribution in [3.05, 3.63) is 46.7 Å². The molecule has 0 bridgehead atoms. The van der Waals surface area contributed by atoms with E-state index in [9.17, 15) is 4.79 Å². The molecule has 0 spiro atoms. The fourth-order valence-corrected chi connectivity index (χ4v) is 2.15. The number of carbonyl (C=O) groups is 1. The third-order valence-corrected chi connectivity index (χ3v) is 3.14. The Labute approximate surface area is 116 Å². The van der Waals surface area contributed by atoms with E-state index in [1.807, 2.05) is 25.1 Å². The van der Waals surface area contributed by atoms with Crippen LogP contribution in [0.2, 0.25) is 5.02 Å². The van der Waals surface area contributed by atoms with Crippen LogP contribution in [0.4, 0.5) is 5.69 Å². The number of nitrogens with two attached hydrogens (primary N) is 1. The Morgan fingerprint density at radius 3 is 2.74 bits per heavy atom. The third kappa shape index (κ3) is 2.88. The van der Waals surface area contributed by atoms with Crippen LogP contribution < -0.4 is 11.1 Å². The Hall–Kier alpha value is -2.01. The minimum Gasteiger partial charge on any atom is -0.396 e. The van der Waals surface area contributed by atoms with Gasteiger partial charge in [0.2, 0.25) is 0 Å². The van der Waals surface area contributed by atoms with Crippen molar-refractivity contribution in [3.8, 4) is 0 Å². The van der Waals surface area contributed by atoms with Crippen molar-refractivity contribution in [2.24, 2.45) is 7.05 Å². The second-order valence-corrected chi connectivity index (χ2v) is 4.73. The molecule has 0 aliphatic heterocycles. The van der Waals surface area contributed by atoms with E-state index in [0.717, 1.165) is 5.56 Å². The molecule has 2 aromatic rings. The number of benzene rings is 1. The number of nitrogens with zero attached hydrogens (tertiary/aromatic N) is 2. The molecule has 0 fully saturated rings. The van der Waals surface area contributed by atoms with Gasteiger partial charge in [0.25, 0.3) is 5.91 Å². The van der Waals surface area contributed by atoms with Crippen molar-refractivity contribution in [2.75, 3.05) is 5.73 Å². The molecule has 1 unspecified atom stereocenters. The molecule has 1 aromatic heterocycles. The predicted octanol–water partition coefficient (Wildman–Crippen LogP) is 2.15. The van der Waals surface area contributed by atoms with Gasteiger partial charge in [-0.3, -0.25) is 9.48 Å². The van der Waals surface area contributed by atoms with Gasteiger partial charge in [-0.2, -0.15) is 5.10 Å². The number of hydrogen-bond acceptors (Lipinski definition) is 3. The zero-order chi connectivity index (χ0) is 14.0. The van der Waals surface area contributed by atoms with Crippen molar-refractivity contribution in [2.45, 2.75) is 13.0 Å². The lowest BCUT2D eigenvalue weighted by Crippen LogP contribution is -2.28. The van der Waals surface area contributed by atoms with Crippen LogP contribution in [-0.2, 0) is 7.05 Å². The molecule has 1 heterocycles. The van der Waals surface area contributed by atoms with Gasteiger partial charge in [-0.15, -0.1) is 0 Å². The molecule has 2 rings (SSSR count). The molecule has 6 heteroatoms. The standard InChI is InChI=1S/C13H15ClN4O/c1-8(9-5-3-4-6-10(9)14)16-13(19)12-11(15)7-18(2)17-12/h3-8H,15H2,1-2H3,(H,16,19). The van der Waals surface area contributed by atoms with E-state index in [-0.39, 0.29) is 17.6 Å². The number of nitrogen functional groups attached to an aromatic ring is 1. The minimum atomic E-state index is -0.314. The number of halogens is 1. The first kappa shape index (κ1) is 13.4. The maximum absolute atomic E-state index is 12.1. The summed E-state index contributed by atoms with van der Waals surface area (Å²) in [5.74, 6) is -0.314. The summed E-state index contributed by atoms with van der Waals surface area (Å²) in [7, 11) is 1.71. The Bertz CT molecular complexity index is 608. The summed E-state index contributed by atoms with van der Waals surface area (Å²) in [5, 5.41) is 7.47. The van der Waals surface area contributed by atoms with Gasteiger partial charge in [-0.05, 0) is 18.6 Å². The Kier molecular flexibility index (Phi) is 3.76. The van der Waals surface area contributed by atoms with Gasteiger partial charge >= 0.3 is 0 Å². The number of aryl methyl sites for hydroxylation is 1. The van der Waals surface area contributed by atoms with E-state index in [4.69, 9.17) is 17.3 Å². The molecule has 5 nitrogen and oxygen atoms in total. The molecular weight excluding hydrogens is 264 g/mol. The van der Waals surface area contributed by atoms with Crippen molar-refractivity contribution in [1.82, 2.24) is 15.1 Å². The number of anilines is 1. The molecule has 19 heavy (non-hydrogen) atoms. The minimum absolute atomic E-state index is 0.220. The van der Waals surface area contributed by atoms with E-state index < -0.39 is 0 Å². The van der Waals surface area contributed by atoms with Crippen LogP contribution >= 0.6 is 11.6 Å². The molecular formula is C13H15ClN4O. The van der Waals surface area contributed by atoms with Crippen LogP contribution in [0.25, 0.3) is 0 Å². The molecule has 100 valence electrons. The van der Waals surface area contributed by atoms with Crippen molar-refractivity contribution < 1.29 is 4.79 Å². The average molecular weight is 279 g/mol. The first-order valence-electron chi connectivity index (χ1n) is 5.83. The van der Waals surface area contributed by atoms with Gasteiger partial charge < -0.3 is 11.1 Å². The highest BCUT2D eigenvalue weighted by atomic mass is 35.5. The highest BCUT2D eigenvalue weighted by Gasteiger charge is 2.18. The largest absolute Gasteiger partial charge is 0.396 e. The predicted molar refractivity (Wildman–Crippen MR) is 75.0 cm³/mol. The maximum atomic E-state index is 12.1. The van der Waals surface area contributed by atoms with E-state index in [0.29, 0.717) is 10.7 Å². The highest BCUT2D eigenvalue weighted by molar-refractivity contribution is 6.31. The summed E-state index contributed by atoms with van der Waals surface area (Å²) in [6, 6.07) is 7.16. The Morgan fingerprint density at radius 2 is 2.16 bits per heavy atom. The number of nitrogens with one attached hydrogen (secondary N) is 1. The number of aromatic nitrogens is 2. The smallest absolute Gasteiger partial charge is 0.274 e. The van der Waals surface area contributed by atoms with Gasteiger partial charge in [0, 0.05) is 18.3 Å². The molecule has 0 radical (unpaired) electrons. The van der Waals surface area contributed by atoms with Crippen LogP contribution in [0.15, 0.2) is 30.5 Å². The summed E-state index contributed by atoms with van der Waals surface area (Å²) in [6.07, 6.45) is 1.59. The number of rotatable bonds is 3. The fourth-order valence-electron chi connectivity index (χ4n) is 1.85. The van der Waals surface area contributed by atoms with Gasteiger partial charge in [0.1, 0.15) is 0 Å². The Balaban J connectivity index is 2.15. The first-order valence-corrected chi connectivity index (χ1v) is 6.21. The lowest BCUT2D eigenvalue weighted by atomic mass is 10.1. The Morgan fingerprint density at radius 1 is 1.47 bits per heavy atom. The second kappa shape index (κ2) is 5.32. The third-order valence-electron chi connectivity index (χ3n) is 2.79. The van der Waals surface area contributed by atoms with Gasteiger partial charge in [0.15, 0.2) is 5.69 Å². The zero-order valence-electron chi connectivity index (χ0n) is 10.7. The van der Waals surface area contributed by atoms with Crippen LogP contribution in [0.5, 0.6) is 0 Å². The summed E-state index contributed by atoms with van der Waals surface area (Å²) >= 11 is 6.09. The number of hydrogen-bond donors (Lipinski definition) is 2. The van der Waals surface area contributed by atoms with Crippen molar-refractivity contribution >= 4 is 23.2 Å². The topological polar surface area (TPSA) is 72.9 Å². The van der Waals surface area contributed by atoms with E-state index >= 15 is 0 Å². The monoisotopic (exact) mass is 278 g/mol. The summed E-state index contributed by atoms with van der Waals surface area (Å²) in [6.45, 7) is 1.86. The average Bonchev–Trinajstić information content (AvgIpc) is 2.69. The molecule has 0 saturated heterocycles. The van der Waals surface area contributed by atoms with Crippen LogP contribution in [0.1, 0.15) is 29.0 Å². The molecule has 1 aromatic carbocycles. The van der Waals surface area contributed by atoms with Crippen molar-refractivity contribution in [3.63, 3.8) is 0 Å². The quantitative estimate of drug-likeness (QED) is 0.903. The summed E-state index contributed by atoms with van der Waals surface area (Å²) in [4.78, 5) is 12.1. The van der Waals surface area contributed by atoms with E-state index in [2.05, 4.69) is 10.4 Å². The fraction of sp³-hybridized carbons (Fsp3) is 0.231. The van der Waals surface area contributed by atoms with Gasteiger partial charge in [-0.1, -0.05) is 29.8 Å². The maximum Gasteiger partial charge on any atom is 0.274 e.